The molecule has 0 fully saturated rings. The molecule has 4 heteroatoms. The third kappa shape index (κ3) is 5.49. The summed E-state index contributed by atoms with van der Waals surface area (Å²) in [5, 5.41) is 0. The minimum atomic E-state index is 0.447. The minimum absolute atomic E-state index is 0.447. The van der Waals surface area contributed by atoms with E-state index >= 15 is 0 Å². The van der Waals surface area contributed by atoms with Crippen molar-refractivity contribution < 1.29 is 0 Å². The van der Waals surface area contributed by atoms with Gasteiger partial charge in [-0.05, 0) is 85.3 Å². The summed E-state index contributed by atoms with van der Waals surface area (Å²) in [6.07, 6.45) is 8.99. The van der Waals surface area contributed by atoms with E-state index in [0.717, 1.165) is 39.0 Å². The number of fused-ring (bicyclic) bond motifs is 2. The van der Waals surface area contributed by atoms with Crippen LogP contribution in [0.1, 0.15) is 79.3 Å². The molecule has 0 saturated carbocycles. The standard InChI is InChI=1S/C31H40N4/c1-22(2)35-19-28(13-23(3)30-16-32-21-33-17-30)31-10-9-25(15-29(31)20-35)14-24(4)34-12-11-26-7-5-6-8-27(26)18-34/h5-10,15-17,21-24,28H,11-14,18-20H2,1-4H3/t23?,24-,28?/m1/s1. The van der Waals surface area contributed by atoms with Crippen LogP contribution < -0.4 is 0 Å². The van der Waals surface area contributed by atoms with E-state index in [1.165, 1.54) is 34.2 Å². The first-order valence-electron chi connectivity index (χ1n) is 13.4. The first kappa shape index (κ1) is 24.1. The number of benzene rings is 2. The van der Waals surface area contributed by atoms with Crippen LogP contribution in [0.4, 0.5) is 0 Å². The Kier molecular flexibility index (Phi) is 7.31. The molecule has 0 amide bonds. The highest BCUT2D eigenvalue weighted by molar-refractivity contribution is 5.38. The van der Waals surface area contributed by atoms with Gasteiger partial charge in [0, 0.05) is 50.7 Å². The van der Waals surface area contributed by atoms with E-state index in [4.69, 9.17) is 0 Å². The Morgan fingerprint density at radius 3 is 2.40 bits per heavy atom. The molecule has 3 atom stereocenters. The number of hydrogen-bond donors (Lipinski definition) is 0. The van der Waals surface area contributed by atoms with E-state index in [9.17, 15) is 0 Å². The lowest BCUT2D eigenvalue weighted by molar-refractivity contribution is 0.177. The summed E-state index contributed by atoms with van der Waals surface area (Å²) in [4.78, 5) is 13.8. The Morgan fingerprint density at radius 2 is 1.63 bits per heavy atom. The molecule has 0 aliphatic carbocycles. The van der Waals surface area contributed by atoms with Gasteiger partial charge < -0.3 is 0 Å². The third-order valence-electron chi connectivity index (χ3n) is 8.31. The van der Waals surface area contributed by atoms with Gasteiger partial charge in [0.15, 0.2) is 0 Å². The van der Waals surface area contributed by atoms with Crippen LogP contribution in [-0.4, -0.2) is 44.9 Å². The highest BCUT2D eigenvalue weighted by Gasteiger charge is 2.29. The summed E-state index contributed by atoms with van der Waals surface area (Å²) >= 11 is 0. The molecule has 2 unspecified atom stereocenters. The van der Waals surface area contributed by atoms with Crippen molar-refractivity contribution in [1.29, 1.82) is 0 Å². The van der Waals surface area contributed by atoms with Gasteiger partial charge in [0.25, 0.3) is 0 Å². The van der Waals surface area contributed by atoms with E-state index in [1.54, 1.807) is 11.9 Å². The number of nitrogens with zero attached hydrogens (tertiary/aromatic N) is 4. The molecular weight excluding hydrogens is 428 g/mol. The zero-order valence-electron chi connectivity index (χ0n) is 21.8. The van der Waals surface area contributed by atoms with E-state index in [1.807, 2.05) is 12.4 Å². The molecule has 1 aromatic heterocycles. The van der Waals surface area contributed by atoms with Crippen LogP contribution in [0.25, 0.3) is 0 Å². The maximum Gasteiger partial charge on any atom is 0.115 e. The Balaban J connectivity index is 1.32. The summed E-state index contributed by atoms with van der Waals surface area (Å²) < 4.78 is 0. The van der Waals surface area contributed by atoms with Gasteiger partial charge in [-0.25, -0.2) is 9.97 Å². The van der Waals surface area contributed by atoms with Gasteiger partial charge in [-0.2, -0.15) is 0 Å². The lowest BCUT2D eigenvalue weighted by atomic mass is 9.81. The zero-order valence-corrected chi connectivity index (χ0v) is 21.8. The average Bonchev–Trinajstić information content (AvgIpc) is 2.88. The monoisotopic (exact) mass is 468 g/mol. The van der Waals surface area contributed by atoms with Crippen molar-refractivity contribution in [3.05, 3.63) is 94.6 Å². The quantitative estimate of drug-likeness (QED) is 0.428. The van der Waals surface area contributed by atoms with Crippen molar-refractivity contribution in [2.75, 3.05) is 13.1 Å². The summed E-state index contributed by atoms with van der Waals surface area (Å²) in [7, 11) is 0. The molecule has 5 rings (SSSR count). The second-order valence-electron chi connectivity index (χ2n) is 11.1. The predicted molar refractivity (Wildman–Crippen MR) is 144 cm³/mol. The van der Waals surface area contributed by atoms with Crippen molar-refractivity contribution in [3.63, 3.8) is 0 Å². The van der Waals surface area contributed by atoms with Crippen LogP contribution >= 0.6 is 0 Å². The Morgan fingerprint density at radius 1 is 0.886 bits per heavy atom. The van der Waals surface area contributed by atoms with Crippen LogP contribution in [0.3, 0.4) is 0 Å². The third-order valence-corrected chi connectivity index (χ3v) is 8.31. The van der Waals surface area contributed by atoms with Crippen molar-refractivity contribution in [3.8, 4) is 0 Å². The highest BCUT2D eigenvalue weighted by Crippen LogP contribution is 2.37. The molecule has 3 aromatic rings. The van der Waals surface area contributed by atoms with Gasteiger partial charge in [-0.1, -0.05) is 49.4 Å². The molecule has 184 valence electrons. The lowest BCUT2D eigenvalue weighted by Gasteiger charge is -2.38. The summed E-state index contributed by atoms with van der Waals surface area (Å²) in [6, 6.07) is 17.4. The molecule has 2 aromatic carbocycles. The van der Waals surface area contributed by atoms with Crippen LogP contribution in [0.15, 0.2) is 61.2 Å². The second kappa shape index (κ2) is 10.6. The van der Waals surface area contributed by atoms with Gasteiger partial charge in [-0.15, -0.1) is 0 Å². The van der Waals surface area contributed by atoms with Gasteiger partial charge in [-0.3, -0.25) is 9.80 Å². The zero-order chi connectivity index (χ0) is 24.4. The maximum absolute atomic E-state index is 4.25. The smallest absolute Gasteiger partial charge is 0.115 e. The number of aromatic nitrogens is 2. The fourth-order valence-electron chi connectivity index (χ4n) is 6.07. The van der Waals surface area contributed by atoms with E-state index < -0.39 is 0 Å². The predicted octanol–water partition coefficient (Wildman–Crippen LogP) is 5.97. The first-order chi connectivity index (χ1) is 17.0. The van der Waals surface area contributed by atoms with Crippen molar-refractivity contribution in [1.82, 2.24) is 19.8 Å². The second-order valence-corrected chi connectivity index (χ2v) is 11.1. The summed E-state index contributed by atoms with van der Waals surface area (Å²) in [6.45, 7) is 13.8. The molecule has 0 bridgehead atoms. The molecule has 0 saturated heterocycles. The van der Waals surface area contributed by atoms with Gasteiger partial charge >= 0.3 is 0 Å². The molecule has 0 spiro atoms. The van der Waals surface area contributed by atoms with Crippen LogP contribution in [0.2, 0.25) is 0 Å². The molecule has 0 radical (unpaired) electrons. The molecule has 4 nitrogen and oxygen atoms in total. The number of hydrogen-bond acceptors (Lipinski definition) is 4. The summed E-state index contributed by atoms with van der Waals surface area (Å²) in [5.41, 5.74) is 8.83. The normalized spacial score (nSPS) is 20.3. The lowest BCUT2D eigenvalue weighted by Crippen LogP contribution is -2.39. The molecule has 3 heterocycles. The van der Waals surface area contributed by atoms with Crippen molar-refractivity contribution in [2.24, 2.45) is 0 Å². The molecular formula is C31H40N4. The minimum Gasteiger partial charge on any atom is -0.296 e. The summed E-state index contributed by atoms with van der Waals surface area (Å²) in [5.74, 6) is 0.990. The molecule has 35 heavy (non-hydrogen) atoms. The Labute approximate surface area is 211 Å². The molecule has 2 aliphatic heterocycles. The van der Waals surface area contributed by atoms with Gasteiger partial charge in [0.05, 0.1) is 0 Å². The van der Waals surface area contributed by atoms with E-state index in [0.29, 0.717) is 23.9 Å². The topological polar surface area (TPSA) is 32.3 Å². The van der Waals surface area contributed by atoms with Crippen molar-refractivity contribution >= 4 is 0 Å². The fourth-order valence-corrected chi connectivity index (χ4v) is 6.07. The van der Waals surface area contributed by atoms with Crippen molar-refractivity contribution in [2.45, 2.75) is 84.0 Å². The fraction of sp³-hybridized carbons (Fsp3) is 0.484. The van der Waals surface area contributed by atoms with E-state index in [2.05, 4.69) is 89.9 Å². The van der Waals surface area contributed by atoms with Crippen LogP contribution in [-0.2, 0) is 25.9 Å². The molecule has 0 N–H and O–H groups in total. The van der Waals surface area contributed by atoms with Crippen LogP contribution in [0.5, 0.6) is 0 Å². The molecule has 2 aliphatic rings. The number of rotatable bonds is 7. The maximum atomic E-state index is 4.25. The largest absolute Gasteiger partial charge is 0.296 e. The Bertz CT molecular complexity index is 1130. The average molecular weight is 469 g/mol. The Hall–Kier alpha value is -2.56. The first-order valence-corrected chi connectivity index (χ1v) is 13.4. The van der Waals surface area contributed by atoms with E-state index in [-0.39, 0.29) is 0 Å². The van der Waals surface area contributed by atoms with Gasteiger partial charge in [0.2, 0.25) is 0 Å². The SMILES string of the molecule is CC(CC1CN(C(C)C)Cc2cc(C[C@@H](C)N3CCc4ccccc4C3)ccc21)c1cncnc1. The highest BCUT2D eigenvalue weighted by atomic mass is 15.2. The van der Waals surface area contributed by atoms with Gasteiger partial charge in [0.1, 0.15) is 6.33 Å². The van der Waals surface area contributed by atoms with Crippen LogP contribution in [0, 0.1) is 0 Å².